The molecule has 22 heavy (non-hydrogen) atoms. The minimum absolute atomic E-state index is 0.172. The smallest absolute Gasteiger partial charge is 0.253 e. The van der Waals surface area contributed by atoms with E-state index >= 15 is 0 Å². The van der Waals surface area contributed by atoms with Gasteiger partial charge in [0.05, 0.1) is 10.6 Å². The lowest BCUT2D eigenvalue weighted by molar-refractivity contribution is -0.119. The fraction of sp³-hybridized carbons (Fsp3) is 0.125. The lowest BCUT2D eigenvalue weighted by atomic mass is 10.0. The van der Waals surface area contributed by atoms with Gasteiger partial charge in [-0.05, 0) is 29.8 Å². The molecule has 0 aliphatic rings. The van der Waals surface area contributed by atoms with Crippen molar-refractivity contribution < 1.29 is 14.0 Å². The number of carbonyl (C=O) groups is 2. The van der Waals surface area contributed by atoms with E-state index in [1.165, 1.54) is 24.3 Å². The number of primary amides is 1. The monoisotopic (exact) mass is 320 g/mol. The molecule has 6 heteroatoms. The molecule has 4 nitrogen and oxygen atoms in total. The Bertz CT molecular complexity index is 689. The third kappa shape index (κ3) is 4.05. The first kappa shape index (κ1) is 16.0. The summed E-state index contributed by atoms with van der Waals surface area (Å²) in [6.45, 7) is 0. The summed E-state index contributed by atoms with van der Waals surface area (Å²) in [5.74, 6) is -1.54. The molecule has 0 fully saturated rings. The van der Waals surface area contributed by atoms with Crippen molar-refractivity contribution >= 4 is 23.4 Å². The maximum absolute atomic E-state index is 12.9. The van der Waals surface area contributed by atoms with Crippen LogP contribution in [0.3, 0.4) is 0 Å². The Hall–Kier alpha value is -2.40. The summed E-state index contributed by atoms with van der Waals surface area (Å²) in [5.41, 5.74) is 6.26. The highest BCUT2D eigenvalue weighted by atomic mass is 35.5. The SMILES string of the molecule is NC(=O)[C@H](Cc1ccc(F)cc1)NC(=O)c1ccccc1Cl. The zero-order chi connectivity index (χ0) is 16.1. The lowest BCUT2D eigenvalue weighted by Gasteiger charge is -2.16. The first-order valence-corrected chi connectivity index (χ1v) is 6.94. The molecular weight excluding hydrogens is 307 g/mol. The highest BCUT2D eigenvalue weighted by Crippen LogP contribution is 2.15. The molecule has 0 radical (unpaired) electrons. The normalized spacial score (nSPS) is 11.7. The number of benzene rings is 2. The number of halogens is 2. The van der Waals surface area contributed by atoms with E-state index in [9.17, 15) is 14.0 Å². The number of amides is 2. The van der Waals surface area contributed by atoms with Crippen molar-refractivity contribution in [2.45, 2.75) is 12.5 Å². The Morgan fingerprint density at radius 2 is 1.77 bits per heavy atom. The molecular formula is C16H14ClFN2O2. The van der Waals surface area contributed by atoms with Gasteiger partial charge in [0.1, 0.15) is 11.9 Å². The van der Waals surface area contributed by atoms with Gasteiger partial charge in [-0.3, -0.25) is 9.59 Å². The predicted octanol–water partition coefficient (Wildman–Crippen LogP) is 2.31. The Morgan fingerprint density at radius 3 is 2.36 bits per heavy atom. The van der Waals surface area contributed by atoms with Crippen molar-refractivity contribution in [2.24, 2.45) is 5.73 Å². The van der Waals surface area contributed by atoms with E-state index in [-0.39, 0.29) is 22.8 Å². The van der Waals surface area contributed by atoms with Crippen LogP contribution in [0.25, 0.3) is 0 Å². The first-order valence-electron chi connectivity index (χ1n) is 6.56. The fourth-order valence-electron chi connectivity index (χ4n) is 1.96. The van der Waals surface area contributed by atoms with Crippen LogP contribution >= 0.6 is 11.6 Å². The summed E-state index contributed by atoms with van der Waals surface area (Å²) >= 11 is 5.94. The molecule has 2 aromatic carbocycles. The highest BCUT2D eigenvalue weighted by molar-refractivity contribution is 6.33. The summed E-state index contributed by atoms with van der Waals surface area (Å²) in [7, 11) is 0. The Morgan fingerprint density at radius 1 is 1.14 bits per heavy atom. The second kappa shape index (κ2) is 7.04. The van der Waals surface area contributed by atoms with E-state index < -0.39 is 17.9 Å². The quantitative estimate of drug-likeness (QED) is 0.887. The van der Waals surface area contributed by atoms with Crippen LogP contribution in [0.1, 0.15) is 15.9 Å². The molecule has 0 bridgehead atoms. The van der Waals surface area contributed by atoms with Crippen LogP contribution in [0.2, 0.25) is 5.02 Å². The maximum Gasteiger partial charge on any atom is 0.253 e. The van der Waals surface area contributed by atoms with E-state index in [1.807, 2.05) is 0 Å². The number of nitrogens with two attached hydrogens (primary N) is 1. The van der Waals surface area contributed by atoms with Crippen molar-refractivity contribution in [3.05, 3.63) is 70.5 Å². The van der Waals surface area contributed by atoms with Gasteiger partial charge in [0.25, 0.3) is 5.91 Å². The molecule has 0 heterocycles. The molecule has 0 aromatic heterocycles. The number of carbonyl (C=O) groups excluding carboxylic acids is 2. The van der Waals surface area contributed by atoms with Crippen molar-refractivity contribution in [3.8, 4) is 0 Å². The van der Waals surface area contributed by atoms with Crippen molar-refractivity contribution in [3.63, 3.8) is 0 Å². The van der Waals surface area contributed by atoms with Crippen LogP contribution in [0.5, 0.6) is 0 Å². The Balaban J connectivity index is 2.12. The highest BCUT2D eigenvalue weighted by Gasteiger charge is 2.20. The molecule has 2 amide bonds. The summed E-state index contributed by atoms with van der Waals surface area (Å²) in [4.78, 5) is 23.7. The van der Waals surface area contributed by atoms with E-state index in [0.717, 1.165) is 0 Å². The van der Waals surface area contributed by atoms with E-state index in [4.69, 9.17) is 17.3 Å². The number of hydrogen-bond acceptors (Lipinski definition) is 2. The summed E-state index contributed by atoms with van der Waals surface area (Å²) < 4.78 is 12.9. The van der Waals surface area contributed by atoms with Gasteiger partial charge in [0.15, 0.2) is 0 Å². The van der Waals surface area contributed by atoms with Gasteiger partial charge < -0.3 is 11.1 Å². The zero-order valence-electron chi connectivity index (χ0n) is 11.6. The topological polar surface area (TPSA) is 72.2 Å². The molecule has 2 rings (SSSR count). The van der Waals surface area contributed by atoms with Crippen LogP contribution in [0.4, 0.5) is 4.39 Å². The third-order valence-electron chi connectivity index (χ3n) is 3.12. The standard InChI is InChI=1S/C16H14ClFN2O2/c17-13-4-2-1-3-12(13)16(22)20-14(15(19)21)9-10-5-7-11(18)8-6-10/h1-8,14H,9H2,(H2,19,21)(H,20,22)/t14-/m0/s1. The van der Waals surface area contributed by atoms with Gasteiger partial charge in [-0.15, -0.1) is 0 Å². The average Bonchev–Trinajstić information content (AvgIpc) is 2.49. The molecule has 0 aliphatic heterocycles. The van der Waals surface area contributed by atoms with Crippen molar-refractivity contribution in [2.75, 3.05) is 0 Å². The molecule has 1 atom stereocenters. The van der Waals surface area contributed by atoms with Crippen molar-refractivity contribution in [1.29, 1.82) is 0 Å². The minimum Gasteiger partial charge on any atom is -0.368 e. The number of hydrogen-bond donors (Lipinski definition) is 2. The Labute approximate surface area is 132 Å². The van der Waals surface area contributed by atoms with Crippen LogP contribution in [-0.2, 0) is 11.2 Å². The Kier molecular flexibility index (Phi) is 5.12. The van der Waals surface area contributed by atoms with Gasteiger partial charge in [-0.2, -0.15) is 0 Å². The van der Waals surface area contributed by atoms with Crippen LogP contribution in [0, 0.1) is 5.82 Å². The molecule has 0 aliphatic carbocycles. The van der Waals surface area contributed by atoms with E-state index in [2.05, 4.69) is 5.32 Å². The van der Waals surface area contributed by atoms with Gasteiger partial charge in [0, 0.05) is 6.42 Å². The maximum atomic E-state index is 12.9. The summed E-state index contributed by atoms with van der Waals surface area (Å²) in [5, 5.41) is 2.83. The van der Waals surface area contributed by atoms with Crippen molar-refractivity contribution in [1.82, 2.24) is 5.32 Å². The predicted molar refractivity (Wildman–Crippen MR) is 82.0 cm³/mol. The zero-order valence-corrected chi connectivity index (χ0v) is 12.3. The molecule has 0 spiro atoms. The van der Waals surface area contributed by atoms with Crippen LogP contribution in [0.15, 0.2) is 48.5 Å². The van der Waals surface area contributed by atoms with E-state index in [1.54, 1.807) is 24.3 Å². The summed E-state index contributed by atoms with van der Waals surface area (Å²) in [6, 6.07) is 11.2. The molecule has 2 aromatic rings. The average molecular weight is 321 g/mol. The number of rotatable bonds is 5. The first-order chi connectivity index (χ1) is 10.5. The fourth-order valence-corrected chi connectivity index (χ4v) is 2.18. The summed E-state index contributed by atoms with van der Waals surface area (Å²) in [6.07, 6.45) is 0.172. The van der Waals surface area contributed by atoms with Gasteiger partial charge >= 0.3 is 0 Å². The number of nitrogens with one attached hydrogen (secondary N) is 1. The minimum atomic E-state index is -0.908. The molecule has 114 valence electrons. The molecule has 0 saturated heterocycles. The molecule has 3 N–H and O–H groups in total. The largest absolute Gasteiger partial charge is 0.368 e. The lowest BCUT2D eigenvalue weighted by Crippen LogP contribution is -2.45. The van der Waals surface area contributed by atoms with E-state index in [0.29, 0.717) is 5.56 Å². The molecule has 0 saturated carbocycles. The van der Waals surface area contributed by atoms with Gasteiger partial charge in [0.2, 0.25) is 5.91 Å². The molecule has 0 unspecified atom stereocenters. The second-order valence-corrected chi connectivity index (χ2v) is 5.15. The van der Waals surface area contributed by atoms with Crippen LogP contribution in [-0.4, -0.2) is 17.9 Å². The third-order valence-corrected chi connectivity index (χ3v) is 3.45. The van der Waals surface area contributed by atoms with Gasteiger partial charge in [-0.25, -0.2) is 4.39 Å². The van der Waals surface area contributed by atoms with Gasteiger partial charge in [-0.1, -0.05) is 35.9 Å². The van der Waals surface area contributed by atoms with Crippen LogP contribution < -0.4 is 11.1 Å². The second-order valence-electron chi connectivity index (χ2n) is 4.74.